The fourth-order valence-corrected chi connectivity index (χ4v) is 2.55. The molecule has 18 heavy (non-hydrogen) atoms. The van der Waals surface area contributed by atoms with Crippen molar-refractivity contribution in [2.24, 2.45) is 0 Å². The molecule has 2 aliphatic rings. The van der Waals surface area contributed by atoms with E-state index in [2.05, 4.69) is 14.8 Å². The molecule has 0 bridgehead atoms. The second-order valence-electron chi connectivity index (χ2n) is 5.02. The van der Waals surface area contributed by atoms with Gasteiger partial charge in [0.15, 0.2) is 5.82 Å². The van der Waals surface area contributed by atoms with Gasteiger partial charge in [0.05, 0.1) is 12.8 Å². The molecule has 2 fully saturated rings. The number of hydrogen-bond acceptors (Lipinski definition) is 5. The van der Waals surface area contributed by atoms with Crippen LogP contribution in [0, 0.1) is 0 Å². The average molecular weight is 248 g/mol. The highest BCUT2D eigenvalue weighted by Crippen LogP contribution is 2.30. The van der Waals surface area contributed by atoms with Crippen LogP contribution < -0.4 is 15.4 Å². The normalized spacial score (nSPS) is 21.1. The molecular formula is C13H20N4O. The molecule has 3 rings (SSSR count). The molecular weight excluding hydrogens is 228 g/mol. The van der Waals surface area contributed by atoms with Crippen LogP contribution in [0.3, 0.4) is 0 Å². The zero-order valence-corrected chi connectivity index (χ0v) is 10.8. The summed E-state index contributed by atoms with van der Waals surface area (Å²) in [4.78, 5) is 9.30. The van der Waals surface area contributed by atoms with Gasteiger partial charge in [0.2, 0.25) is 5.88 Å². The summed E-state index contributed by atoms with van der Waals surface area (Å²) in [7, 11) is 1.63. The number of nitrogens with zero attached hydrogens (tertiary/aromatic N) is 3. The number of piperazine rings is 1. The molecule has 2 N–H and O–H groups in total. The third-order valence-corrected chi connectivity index (χ3v) is 3.77. The number of hydrogen-bond donors (Lipinski definition) is 1. The van der Waals surface area contributed by atoms with Crippen molar-refractivity contribution in [2.75, 3.05) is 43.9 Å². The minimum Gasteiger partial charge on any atom is -0.481 e. The topological polar surface area (TPSA) is 54.6 Å². The summed E-state index contributed by atoms with van der Waals surface area (Å²) in [6, 6.07) is 4.52. The van der Waals surface area contributed by atoms with Crippen molar-refractivity contribution in [3.8, 4) is 5.88 Å². The van der Waals surface area contributed by atoms with Gasteiger partial charge < -0.3 is 15.4 Å². The predicted octanol–water partition coefficient (Wildman–Crippen LogP) is 0.957. The number of ether oxygens (including phenoxy) is 1. The average Bonchev–Trinajstić information content (AvgIpc) is 3.24. The molecule has 1 aromatic heterocycles. The van der Waals surface area contributed by atoms with E-state index in [1.165, 1.54) is 12.8 Å². The highest BCUT2D eigenvalue weighted by atomic mass is 16.5. The zero-order valence-electron chi connectivity index (χ0n) is 10.8. The van der Waals surface area contributed by atoms with Gasteiger partial charge in [-0.15, -0.1) is 0 Å². The smallest absolute Gasteiger partial charge is 0.215 e. The molecule has 0 atom stereocenters. The second kappa shape index (κ2) is 4.65. The molecule has 5 heteroatoms. The van der Waals surface area contributed by atoms with Gasteiger partial charge in [-0.1, -0.05) is 0 Å². The van der Waals surface area contributed by atoms with E-state index in [0.717, 1.165) is 43.7 Å². The molecule has 1 aromatic rings. The van der Waals surface area contributed by atoms with Crippen molar-refractivity contribution in [3.05, 3.63) is 12.1 Å². The highest BCUT2D eigenvalue weighted by molar-refractivity contribution is 5.63. The van der Waals surface area contributed by atoms with E-state index in [1.807, 2.05) is 6.07 Å². The molecule has 0 spiro atoms. The fraction of sp³-hybridized carbons (Fsp3) is 0.615. The van der Waals surface area contributed by atoms with Gasteiger partial charge in [0.1, 0.15) is 0 Å². The maximum atomic E-state index is 6.01. The number of rotatable bonds is 3. The number of aromatic nitrogens is 1. The highest BCUT2D eigenvalue weighted by Gasteiger charge is 2.31. The van der Waals surface area contributed by atoms with Crippen molar-refractivity contribution < 1.29 is 4.74 Å². The summed E-state index contributed by atoms with van der Waals surface area (Å²) in [6.45, 7) is 4.23. The molecule has 0 amide bonds. The Hall–Kier alpha value is -1.49. The molecule has 0 aromatic carbocycles. The van der Waals surface area contributed by atoms with Crippen molar-refractivity contribution in [1.29, 1.82) is 0 Å². The predicted molar refractivity (Wildman–Crippen MR) is 72.0 cm³/mol. The molecule has 0 unspecified atom stereocenters. The Morgan fingerprint density at radius 1 is 1.22 bits per heavy atom. The maximum absolute atomic E-state index is 6.01. The van der Waals surface area contributed by atoms with Crippen LogP contribution in [-0.4, -0.2) is 49.2 Å². The van der Waals surface area contributed by atoms with E-state index in [9.17, 15) is 0 Å². The quantitative estimate of drug-likeness (QED) is 0.863. The number of nitrogens with two attached hydrogens (primary N) is 1. The lowest BCUT2D eigenvalue weighted by molar-refractivity contribution is 0.247. The van der Waals surface area contributed by atoms with Crippen LogP contribution in [0.25, 0.3) is 0 Å². The van der Waals surface area contributed by atoms with Crippen LogP contribution in [0.1, 0.15) is 12.8 Å². The molecule has 2 heterocycles. The first-order chi connectivity index (χ1) is 8.78. The summed E-state index contributed by atoms with van der Waals surface area (Å²) < 4.78 is 5.17. The Morgan fingerprint density at radius 2 is 1.94 bits per heavy atom. The van der Waals surface area contributed by atoms with Crippen LogP contribution in [-0.2, 0) is 0 Å². The zero-order chi connectivity index (χ0) is 12.5. The van der Waals surface area contributed by atoms with E-state index in [-0.39, 0.29) is 0 Å². The Morgan fingerprint density at radius 3 is 2.56 bits per heavy atom. The first-order valence-corrected chi connectivity index (χ1v) is 6.57. The van der Waals surface area contributed by atoms with E-state index in [4.69, 9.17) is 10.5 Å². The van der Waals surface area contributed by atoms with Crippen LogP contribution in [0.15, 0.2) is 12.1 Å². The molecule has 1 saturated heterocycles. The van der Waals surface area contributed by atoms with E-state index in [0.29, 0.717) is 5.88 Å². The van der Waals surface area contributed by atoms with Crippen molar-refractivity contribution >= 4 is 11.5 Å². The summed E-state index contributed by atoms with van der Waals surface area (Å²) >= 11 is 0. The van der Waals surface area contributed by atoms with Crippen molar-refractivity contribution in [3.63, 3.8) is 0 Å². The Labute approximate surface area is 108 Å². The number of anilines is 2. The molecule has 1 aliphatic heterocycles. The summed E-state index contributed by atoms with van der Waals surface area (Å²) in [5.74, 6) is 1.49. The lowest BCUT2D eigenvalue weighted by Gasteiger charge is -2.36. The summed E-state index contributed by atoms with van der Waals surface area (Å²) in [5.41, 5.74) is 6.74. The third-order valence-electron chi connectivity index (χ3n) is 3.77. The molecule has 98 valence electrons. The first-order valence-electron chi connectivity index (χ1n) is 6.57. The number of methoxy groups -OCH3 is 1. The largest absolute Gasteiger partial charge is 0.481 e. The van der Waals surface area contributed by atoms with Gasteiger partial charge >= 0.3 is 0 Å². The lowest BCUT2D eigenvalue weighted by Crippen LogP contribution is -2.47. The standard InChI is InChI=1S/C13H20N4O/c1-18-12-5-4-11(14)13(15-12)17-8-6-16(7-9-17)10-2-3-10/h4-5,10H,2-3,6-9,14H2,1H3. The van der Waals surface area contributed by atoms with E-state index >= 15 is 0 Å². The van der Waals surface area contributed by atoms with Crippen LogP contribution in [0.4, 0.5) is 11.5 Å². The minimum absolute atomic E-state index is 0.629. The number of pyridine rings is 1. The van der Waals surface area contributed by atoms with E-state index < -0.39 is 0 Å². The van der Waals surface area contributed by atoms with Crippen LogP contribution >= 0.6 is 0 Å². The van der Waals surface area contributed by atoms with Gasteiger partial charge in [0, 0.05) is 38.3 Å². The second-order valence-corrected chi connectivity index (χ2v) is 5.02. The molecule has 5 nitrogen and oxygen atoms in total. The van der Waals surface area contributed by atoms with Gasteiger partial charge in [0.25, 0.3) is 0 Å². The Bertz CT molecular complexity index is 425. The number of nitrogen functional groups attached to an aromatic ring is 1. The SMILES string of the molecule is COc1ccc(N)c(N2CCN(C3CC3)CC2)n1. The van der Waals surface area contributed by atoms with E-state index in [1.54, 1.807) is 13.2 Å². The Balaban J connectivity index is 1.71. The molecule has 0 radical (unpaired) electrons. The van der Waals surface area contributed by atoms with Gasteiger partial charge in [-0.25, -0.2) is 0 Å². The Kier molecular flexibility index (Phi) is 2.99. The molecule has 1 aliphatic carbocycles. The fourth-order valence-electron chi connectivity index (χ4n) is 2.55. The van der Waals surface area contributed by atoms with Gasteiger partial charge in [-0.3, -0.25) is 4.90 Å². The lowest BCUT2D eigenvalue weighted by atomic mass is 10.2. The third kappa shape index (κ3) is 2.22. The molecule has 1 saturated carbocycles. The van der Waals surface area contributed by atoms with Gasteiger partial charge in [-0.2, -0.15) is 4.98 Å². The van der Waals surface area contributed by atoms with Crippen molar-refractivity contribution in [2.45, 2.75) is 18.9 Å². The minimum atomic E-state index is 0.629. The van der Waals surface area contributed by atoms with Gasteiger partial charge in [-0.05, 0) is 18.9 Å². The first kappa shape index (κ1) is 11.6. The van der Waals surface area contributed by atoms with Crippen LogP contribution in [0.2, 0.25) is 0 Å². The van der Waals surface area contributed by atoms with Crippen LogP contribution in [0.5, 0.6) is 5.88 Å². The summed E-state index contributed by atoms with van der Waals surface area (Å²) in [6.07, 6.45) is 2.75. The summed E-state index contributed by atoms with van der Waals surface area (Å²) in [5, 5.41) is 0. The van der Waals surface area contributed by atoms with Crippen molar-refractivity contribution in [1.82, 2.24) is 9.88 Å². The maximum Gasteiger partial charge on any atom is 0.215 e. The monoisotopic (exact) mass is 248 g/mol.